The van der Waals surface area contributed by atoms with Crippen molar-refractivity contribution in [3.63, 3.8) is 0 Å². The molecule has 3 rings (SSSR count). The first-order valence-electron chi connectivity index (χ1n) is 8.09. The van der Waals surface area contributed by atoms with E-state index in [0.717, 1.165) is 0 Å². The van der Waals surface area contributed by atoms with E-state index in [1.165, 1.54) is 42.0 Å². The molecule has 0 amide bonds. The molecule has 28 heavy (non-hydrogen) atoms. The maximum absolute atomic E-state index is 10.7. The van der Waals surface area contributed by atoms with Gasteiger partial charge in [-0.2, -0.15) is 0 Å². The molecule has 0 aliphatic carbocycles. The van der Waals surface area contributed by atoms with Crippen molar-refractivity contribution in [2.24, 2.45) is 14.1 Å². The quantitative estimate of drug-likeness (QED) is 0.208. The summed E-state index contributed by atoms with van der Waals surface area (Å²) in [5.41, 5.74) is 5.36. The number of hydrogen-bond donors (Lipinski definition) is 0. The summed E-state index contributed by atoms with van der Waals surface area (Å²) in [6.07, 6.45) is 2.17. The van der Waals surface area contributed by atoms with E-state index >= 15 is 0 Å². The molecule has 3 aromatic rings. The van der Waals surface area contributed by atoms with Crippen LogP contribution in [0.2, 0.25) is 0 Å². The summed E-state index contributed by atoms with van der Waals surface area (Å²) in [5, 5.41) is 0. The van der Waals surface area contributed by atoms with Gasteiger partial charge in [0.25, 0.3) is 0 Å². The van der Waals surface area contributed by atoms with Crippen LogP contribution in [-0.2, 0) is 14.1 Å². The predicted molar refractivity (Wildman–Crippen MR) is 106 cm³/mol. The normalized spacial score (nSPS) is 14.3. The van der Waals surface area contributed by atoms with E-state index in [1.54, 1.807) is 0 Å². The monoisotopic (exact) mass is 462 g/mol. The molecule has 0 saturated heterocycles. The molecule has 3 aromatic heterocycles. The Hall–Kier alpha value is -1.38. The Balaban J connectivity index is 0.000000345. The second kappa shape index (κ2) is 6.57. The molecule has 0 saturated carbocycles. The average Bonchev–Trinajstić information content (AvgIpc) is 3.02. The van der Waals surface area contributed by atoms with Crippen molar-refractivity contribution in [1.29, 1.82) is 0 Å². The molecule has 0 unspecified atom stereocenters. The van der Waals surface area contributed by atoms with Gasteiger partial charge in [0.1, 0.15) is 0 Å². The van der Waals surface area contributed by atoms with Crippen molar-refractivity contribution >= 4 is 30.5 Å². The third-order valence-electron chi connectivity index (χ3n) is 3.87. The van der Waals surface area contributed by atoms with Gasteiger partial charge in [-0.3, -0.25) is 0 Å². The summed E-state index contributed by atoms with van der Waals surface area (Å²) in [4.78, 5) is 5.52. The van der Waals surface area contributed by atoms with Crippen molar-refractivity contribution in [3.05, 3.63) is 38.0 Å². The molecule has 0 atom stereocenters. The van der Waals surface area contributed by atoms with Crippen molar-refractivity contribution in [2.75, 3.05) is 0 Å². The van der Waals surface area contributed by atoms with Gasteiger partial charge < -0.3 is 0 Å². The van der Waals surface area contributed by atoms with Crippen LogP contribution in [0, 0.1) is 27.7 Å². The number of nitrogens with zero attached hydrogens (tertiary/aromatic N) is 2. The maximum atomic E-state index is 9.87. The Morgan fingerprint density at radius 1 is 0.821 bits per heavy atom. The van der Waals surface area contributed by atoms with E-state index in [4.69, 9.17) is 0 Å². The van der Waals surface area contributed by atoms with Crippen LogP contribution in [0.3, 0.4) is 0 Å². The van der Waals surface area contributed by atoms with Gasteiger partial charge in [-0.1, -0.05) is 0 Å². The average molecular weight is 462 g/mol. The van der Waals surface area contributed by atoms with E-state index in [1.807, 2.05) is 22.7 Å². The van der Waals surface area contributed by atoms with Gasteiger partial charge in [0, 0.05) is 30.6 Å². The molecule has 11 heteroatoms. The van der Waals surface area contributed by atoms with E-state index in [0.29, 0.717) is 0 Å². The minimum atomic E-state index is -10.7. The van der Waals surface area contributed by atoms with Gasteiger partial charge in [0.2, 0.25) is 6.33 Å². The van der Waals surface area contributed by atoms with Gasteiger partial charge in [-0.25, -0.2) is 9.13 Å². The van der Waals surface area contributed by atoms with Gasteiger partial charge in [0.05, 0.1) is 14.1 Å². The van der Waals surface area contributed by atoms with Crippen molar-refractivity contribution in [2.45, 2.75) is 27.7 Å². The zero-order valence-corrected chi connectivity index (χ0v) is 18.7. The SMILES string of the molecule is Cc1cc(-c2c(-c3cc(C)sc3C)[n+](C)cn2C)c(C)s1.F[P-](F)(F)(F)(F)F. The number of hydrogen-bond acceptors (Lipinski definition) is 2. The number of halogens is 6. The number of rotatable bonds is 2. The van der Waals surface area contributed by atoms with Gasteiger partial charge in [0.15, 0.2) is 11.4 Å². The summed E-state index contributed by atoms with van der Waals surface area (Å²) in [6.45, 7) is 8.80. The zero-order valence-electron chi connectivity index (χ0n) is 16.2. The first kappa shape index (κ1) is 22.9. The second-order valence-electron chi connectivity index (χ2n) is 6.65. The molecule has 0 N–H and O–H groups in total. The fraction of sp³-hybridized carbons (Fsp3) is 0.353. The van der Waals surface area contributed by atoms with Crippen LogP contribution in [0.1, 0.15) is 19.5 Å². The Bertz CT molecular complexity index is 951. The molecule has 0 aliphatic heterocycles. The predicted octanol–water partition coefficient (Wildman–Crippen LogP) is 7.92. The van der Waals surface area contributed by atoms with E-state index in [2.05, 4.69) is 69.4 Å². The number of aryl methyl sites for hydroxylation is 6. The third kappa shape index (κ3) is 6.32. The Kier molecular flexibility index (Phi) is 5.37. The van der Waals surface area contributed by atoms with Crippen molar-refractivity contribution in [1.82, 2.24) is 4.57 Å². The van der Waals surface area contributed by atoms with Crippen molar-refractivity contribution < 1.29 is 29.7 Å². The summed E-state index contributed by atoms with van der Waals surface area (Å²) < 4.78 is 63.7. The molecule has 0 aliphatic rings. The van der Waals surface area contributed by atoms with E-state index < -0.39 is 7.81 Å². The molecule has 3 heterocycles. The van der Waals surface area contributed by atoms with Gasteiger partial charge >= 0.3 is 33.0 Å². The summed E-state index contributed by atoms with van der Waals surface area (Å²) >= 11 is 3.75. The molecular weight excluding hydrogens is 441 g/mol. The van der Waals surface area contributed by atoms with Crippen LogP contribution < -0.4 is 4.57 Å². The van der Waals surface area contributed by atoms with Crippen LogP contribution in [0.15, 0.2) is 18.5 Å². The third-order valence-corrected chi connectivity index (χ3v) is 5.80. The van der Waals surface area contributed by atoms with Crippen LogP contribution in [0.25, 0.3) is 22.5 Å². The molecule has 0 fully saturated rings. The van der Waals surface area contributed by atoms with Crippen molar-refractivity contribution in [3.8, 4) is 22.5 Å². The Labute approximate surface area is 167 Å². The van der Waals surface area contributed by atoms with Gasteiger partial charge in [-0.05, 0) is 39.8 Å². The first-order chi connectivity index (χ1) is 12.3. The van der Waals surface area contributed by atoms with Crippen LogP contribution in [-0.4, -0.2) is 4.57 Å². The van der Waals surface area contributed by atoms with Crippen LogP contribution in [0.4, 0.5) is 25.2 Å². The number of thiophene rings is 2. The second-order valence-corrected chi connectivity index (χ2v) is 11.5. The molecule has 2 nitrogen and oxygen atoms in total. The molecular formula is C17H21F6N2PS2. The summed E-state index contributed by atoms with van der Waals surface area (Å²) in [5.74, 6) is 0. The van der Waals surface area contributed by atoms with Gasteiger partial charge in [-0.15, -0.1) is 22.7 Å². The van der Waals surface area contributed by atoms with Crippen LogP contribution in [0.5, 0.6) is 0 Å². The molecule has 0 bridgehead atoms. The summed E-state index contributed by atoms with van der Waals surface area (Å²) in [7, 11) is -6.38. The fourth-order valence-corrected chi connectivity index (χ4v) is 4.93. The Morgan fingerprint density at radius 3 is 1.57 bits per heavy atom. The van der Waals surface area contributed by atoms with Crippen LogP contribution >= 0.6 is 30.5 Å². The molecule has 0 spiro atoms. The molecule has 0 aromatic carbocycles. The molecule has 158 valence electrons. The fourth-order valence-electron chi connectivity index (χ4n) is 3.08. The number of imidazole rings is 1. The zero-order chi connectivity index (χ0) is 21.7. The standard InChI is InChI=1S/C17H21N2S2.F6P/c1-10-7-14(12(3)20-10)16-17(19(6)9-18(16)5)15-8-11(2)21-13(15)4;1-7(2,3,4,5)6/h7-9H,1-6H3;/q+1;-1. The Morgan fingerprint density at radius 2 is 1.21 bits per heavy atom. The molecule has 0 radical (unpaired) electrons. The summed E-state index contributed by atoms with van der Waals surface area (Å²) in [6, 6.07) is 4.63. The first-order valence-corrected chi connectivity index (χ1v) is 11.8. The van der Waals surface area contributed by atoms with E-state index in [-0.39, 0.29) is 0 Å². The topological polar surface area (TPSA) is 8.81 Å². The number of aromatic nitrogens is 2. The minimum absolute atomic E-state index is 1.32. The van der Waals surface area contributed by atoms with E-state index in [9.17, 15) is 25.2 Å².